The second-order valence-electron chi connectivity index (χ2n) is 4.12. The van der Waals surface area contributed by atoms with Gasteiger partial charge in [0.2, 0.25) is 0 Å². The van der Waals surface area contributed by atoms with Crippen LogP contribution < -0.4 is 0 Å². The quantitative estimate of drug-likeness (QED) is 0.688. The van der Waals surface area contributed by atoms with Crippen molar-refractivity contribution in [2.45, 2.75) is 10.6 Å². The molecule has 0 bridgehead atoms. The van der Waals surface area contributed by atoms with Gasteiger partial charge in [0.1, 0.15) is 24.1 Å². The van der Waals surface area contributed by atoms with Crippen molar-refractivity contribution in [3.63, 3.8) is 0 Å². The molecule has 5 heteroatoms. The van der Waals surface area contributed by atoms with Gasteiger partial charge in [-0.25, -0.2) is 13.2 Å². The van der Waals surface area contributed by atoms with Crippen LogP contribution in [0, 0.1) is 29.3 Å². The normalized spacial score (nSPS) is 10.1. The molecule has 0 aliphatic rings. The maximum absolute atomic E-state index is 13.5. The van der Waals surface area contributed by atoms with Gasteiger partial charge in [-0.05, 0) is 35.9 Å². The summed E-state index contributed by atoms with van der Waals surface area (Å²) >= 11 is 1.10. The number of rotatable bonds is 3. The largest absolute Gasteiger partial charge is 0.384 e. The van der Waals surface area contributed by atoms with Crippen molar-refractivity contribution in [2.24, 2.45) is 0 Å². The van der Waals surface area contributed by atoms with Gasteiger partial charge in [-0.1, -0.05) is 17.9 Å². The Bertz CT molecular complexity index is 704. The highest BCUT2D eigenvalue weighted by molar-refractivity contribution is 7.98. The molecule has 108 valence electrons. The molecular formula is C16H11F3OS. The van der Waals surface area contributed by atoms with Crippen molar-refractivity contribution in [1.29, 1.82) is 0 Å². The van der Waals surface area contributed by atoms with Gasteiger partial charge in [0.25, 0.3) is 0 Å². The third kappa shape index (κ3) is 4.28. The fourth-order valence-corrected chi connectivity index (χ4v) is 2.63. The van der Waals surface area contributed by atoms with Crippen molar-refractivity contribution >= 4 is 11.8 Å². The zero-order chi connectivity index (χ0) is 15.2. The van der Waals surface area contributed by atoms with E-state index in [1.54, 1.807) is 6.07 Å². The summed E-state index contributed by atoms with van der Waals surface area (Å²) in [5, 5.41) is 8.70. The van der Waals surface area contributed by atoms with E-state index in [1.807, 2.05) is 0 Å². The molecule has 0 amide bonds. The summed E-state index contributed by atoms with van der Waals surface area (Å²) in [6.45, 7) is -0.332. The topological polar surface area (TPSA) is 20.2 Å². The van der Waals surface area contributed by atoms with Crippen LogP contribution in [0.2, 0.25) is 0 Å². The molecule has 2 rings (SSSR count). The van der Waals surface area contributed by atoms with Gasteiger partial charge in [-0.2, -0.15) is 0 Å². The first-order chi connectivity index (χ1) is 10.1. The van der Waals surface area contributed by atoms with Crippen molar-refractivity contribution in [3.8, 4) is 11.8 Å². The van der Waals surface area contributed by atoms with E-state index in [4.69, 9.17) is 5.11 Å². The second-order valence-corrected chi connectivity index (χ2v) is 5.14. The molecule has 21 heavy (non-hydrogen) atoms. The van der Waals surface area contributed by atoms with Gasteiger partial charge >= 0.3 is 0 Å². The van der Waals surface area contributed by atoms with Crippen LogP contribution in [0.1, 0.15) is 11.1 Å². The standard InChI is InChI=1S/C16H11F3OS/c17-13-4-3-12(11(8-13)2-1-7-20)10-21-16-9-14(18)5-6-15(16)19/h3-6,8-9,20H,7,10H2. The molecule has 0 atom stereocenters. The minimum absolute atomic E-state index is 0.181. The van der Waals surface area contributed by atoms with Crippen molar-refractivity contribution in [3.05, 3.63) is 65.0 Å². The predicted octanol–water partition coefficient (Wildman–Crippen LogP) is 3.74. The molecule has 0 saturated heterocycles. The maximum atomic E-state index is 13.5. The minimum Gasteiger partial charge on any atom is -0.384 e. The first-order valence-electron chi connectivity index (χ1n) is 6.06. The highest BCUT2D eigenvalue weighted by Crippen LogP contribution is 2.27. The van der Waals surface area contributed by atoms with E-state index in [1.165, 1.54) is 12.1 Å². The summed E-state index contributed by atoms with van der Waals surface area (Å²) in [7, 11) is 0. The predicted molar refractivity (Wildman–Crippen MR) is 76.3 cm³/mol. The van der Waals surface area contributed by atoms with Crippen LogP contribution in [0.15, 0.2) is 41.3 Å². The summed E-state index contributed by atoms with van der Waals surface area (Å²) in [5.41, 5.74) is 1.11. The Morgan fingerprint density at radius 1 is 1.00 bits per heavy atom. The van der Waals surface area contributed by atoms with Crippen LogP contribution in [0.25, 0.3) is 0 Å². The Morgan fingerprint density at radius 3 is 2.48 bits per heavy atom. The Balaban J connectivity index is 2.21. The third-order valence-electron chi connectivity index (χ3n) is 2.65. The van der Waals surface area contributed by atoms with Gasteiger partial charge in [0, 0.05) is 16.2 Å². The van der Waals surface area contributed by atoms with Crippen molar-refractivity contribution < 1.29 is 18.3 Å². The Kier molecular flexibility index (Phi) is 5.32. The molecule has 1 nitrogen and oxygen atoms in total. The molecule has 0 unspecified atom stereocenters. The lowest BCUT2D eigenvalue weighted by Crippen LogP contribution is -1.91. The summed E-state index contributed by atoms with van der Waals surface area (Å²) in [5.74, 6) is 3.94. The lowest BCUT2D eigenvalue weighted by Gasteiger charge is -2.06. The number of hydrogen-bond donors (Lipinski definition) is 1. The number of aliphatic hydroxyl groups excluding tert-OH is 1. The van der Waals surface area contributed by atoms with Gasteiger partial charge < -0.3 is 5.11 Å². The summed E-state index contributed by atoms with van der Waals surface area (Å²) < 4.78 is 39.8. The van der Waals surface area contributed by atoms with Gasteiger partial charge in [-0.15, -0.1) is 11.8 Å². The van der Waals surface area contributed by atoms with E-state index in [0.717, 1.165) is 30.0 Å². The molecule has 0 spiro atoms. The molecule has 0 aromatic heterocycles. The van der Waals surface area contributed by atoms with Crippen LogP contribution in [0.5, 0.6) is 0 Å². The van der Waals surface area contributed by atoms with Gasteiger partial charge in [0.15, 0.2) is 0 Å². The highest BCUT2D eigenvalue weighted by Gasteiger charge is 2.07. The van der Waals surface area contributed by atoms with Crippen LogP contribution in [-0.4, -0.2) is 11.7 Å². The molecule has 0 heterocycles. The molecule has 2 aromatic rings. The summed E-state index contributed by atoms with van der Waals surface area (Å²) in [6, 6.07) is 7.30. The van der Waals surface area contributed by atoms with Crippen LogP contribution in [0.4, 0.5) is 13.2 Å². The van der Waals surface area contributed by atoms with E-state index >= 15 is 0 Å². The zero-order valence-electron chi connectivity index (χ0n) is 10.9. The van der Waals surface area contributed by atoms with Gasteiger partial charge in [0.05, 0.1) is 0 Å². The third-order valence-corrected chi connectivity index (χ3v) is 3.73. The lowest BCUT2D eigenvalue weighted by atomic mass is 10.1. The van der Waals surface area contributed by atoms with E-state index in [-0.39, 0.29) is 11.5 Å². The molecule has 1 N–H and O–H groups in total. The fraction of sp³-hybridized carbons (Fsp3) is 0.125. The van der Waals surface area contributed by atoms with E-state index in [0.29, 0.717) is 16.9 Å². The molecular weight excluding hydrogens is 297 g/mol. The number of halogens is 3. The highest BCUT2D eigenvalue weighted by atomic mass is 32.2. The first kappa shape index (κ1) is 15.5. The fourth-order valence-electron chi connectivity index (χ4n) is 1.67. The lowest BCUT2D eigenvalue weighted by molar-refractivity contribution is 0.350. The molecule has 0 fully saturated rings. The van der Waals surface area contributed by atoms with E-state index in [9.17, 15) is 13.2 Å². The maximum Gasteiger partial charge on any atom is 0.136 e. The number of benzene rings is 2. The minimum atomic E-state index is -0.515. The van der Waals surface area contributed by atoms with Crippen LogP contribution >= 0.6 is 11.8 Å². The first-order valence-corrected chi connectivity index (χ1v) is 7.04. The zero-order valence-corrected chi connectivity index (χ0v) is 11.7. The average molecular weight is 308 g/mol. The molecule has 2 aromatic carbocycles. The van der Waals surface area contributed by atoms with Crippen LogP contribution in [-0.2, 0) is 5.75 Å². The molecule has 0 aliphatic heterocycles. The monoisotopic (exact) mass is 308 g/mol. The van der Waals surface area contributed by atoms with Crippen molar-refractivity contribution in [2.75, 3.05) is 6.61 Å². The number of aliphatic hydroxyl groups is 1. The summed E-state index contributed by atoms with van der Waals surface area (Å²) in [6.07, 6.45) is 0. The number of hydrogen-bond acceptors (Lipinski definition) is 2. The molecule has 0 radical (unpaired) electrons. The Labute approximate surface area is 124 Å². The Hall–Kier alpha value is -1.90. The average Bonchev–Trinajstić information content (AvgIpc) is 2.47. The number of thioether (sulfide) groups is 1. The Morgan fingerprint density at radius 2 is 1.71 bits per heavy atom. The van der Waals surface area contributed by atoms with Gasteiger partial charge in [-0.3, -0.25) is 0 Å². The SMILES string of the molecule is OCC#Cc1cc(F)ccc1CSc1cc(F)ccc1F. The second kappa shape index (κ2) is 7.21. The van der Waals surface area contributed by atoms with E-state index in [2.05, 4.69) is 11.8 Å². The smallest absolute Gasteiger partial charge is 0.136 e. The summed E-state index contributed by atoms with van der Waals surface area (Å²) in [4.78, 5) is 0.181. The van der Waals surface area contributed by atoms with Crippen molar-refractivity contribution in [1.82, 2.24) is 0 Å². The molecule has 0 aliphatic carbocycles. The van der Waals surface area contributed by atoms with E-state index < -0.39 is 17.5 Å². The van der Waals surface area contributed by atoms with Crippen LogP contribution in [0.3, 0.4) is 0 Å². The molecule has 0 saturated carbocycles.